The minimum absolute atomic E-state index is 0.182. The Morgan fingerprint density at radius 3 is 2.58 bits per heavy atom. The van der Waals surface area contributed by atoms with Gasteiger partial charge >= 0.3 is 12.1 Å². The number of carboxylic acid groups (broad SMARTS) is 1. The molecular formula is C11H10F3NO4. The van der Waals surface area contributed by atoms with Gasteiger partial charge in [-0.05, 0) is 18.2 Å². The summed E-state index contributed by atoms with van der Waals surface area (Å²) in [6.07, 6.45) is -1.35. The van der Waals surface area contributed by atoms with Gasteiger partial charge in [0.05, 0.1) is 6.26 Å². The van der Waals surface area contributed by atoms with Gasteiger partial charge in [0.25, 0.3) is 0 Å². The summed E-state index contributed by atoms with van der Waals surface area (Å²) >= 11 is 0. The molecule has 8 heteroatoms. The van der Waals surface area contributed by atoms with E-state index in [9.17, 15) is 22.8 Å². The third-order valence-electron chi connectivity index (χ3n) is 1.94. The third kappa shape index (κ3) is 5.75. The number of carboxylic acids is 1. The van der Waals surface area contributed by atoms with Gasteiger partial charge in [-0.3, -0.25) is 9.59 Å². The first-order valence-electron chi connectivity index (χ1n) is 5.07. The second-order valence-electron chi connectivity index (χ2n) is 3.55. The van der Waals surface area contributed by atoms with Crippen molar-refractivity contribution in [3.05, 3.63) is 30.2 Å². The van der Waals surface area contributed by atoms with Crippen molar-refractivity contribution in [1.29, 1.82) is 0 Å². The minimum atomic E-state index is -4.66. The SMILES string of the molecule is O=C(O)CN(CC(F)(F)F)C(=O)C=Cc1ccco1. The van der Waals surface area contributed by atoms with Crippen molar-refractivity contribution in [2.75, 3.05) is 13.1 Å². The van der Waals surface area contributed by atoms with Crippen LogP contribution in [-0.4, -0.2) is 41.1 Å². The zero-order valence-electron chi connectivity index (χ0n) is 9.55. The summed E-state index contributed by atoms with van der Waals surface area (Å²) in [5.41, 5.74) is 0. The lowest BCUT2D eigenvalue weighted by Gasteiger charge is -2.20. The molecule has 19 heavy (non-hydrogen) atoms. The van der Waals surface area contributed by atoms with Crippen LogP contribution >= 0.6 is 0 Å². The van der Waals surface area contributed by atoms with Gasteiger partial charge in [0.15, 0.2) is 0 Å². The fraction of sp³-hybridized carbons (Fsp3) is 0.273. The van der Waals surface area contributed by atoms with Crippen molar-refractivity contribution in [3.8, 4) is 0 Å². The highest BCUT2D eigenvalue weighted by Gasteiger charge is 2.33. The highest BCUT2D eigenvalue weighted by molar-refractivity contribution is 5.93. The van der Waals surface area contributed by atoms with Gasteiger partial charge in [-0.1, -0.05) is 0 Å². The fourth-order valence-electron chi connectivity index (χ4n) is 1.24. The Bertz CT molecular complexity index is 465. The summed E-state index contributed by atoms with van der Waals surface area (Å²) in [4.78, 5) is 22.1. The van der Waals surface area contributed by atoms with Gasteiger partial charge in [-0.25, -0.2) is 0 Å². The molecule has 1 rings (SSSR count). The van der Waals surface area contributed by atoms with Gasteiger partial charge in [-0.15, -0.1) is 0 Å². The highest BCUT2D eigenvalue weighted by atomic mass is 19.4. The molecule has 0 spiro atoms. The lowest BCUT2D eigenvalue weighted by Crippen LogP contribution is -2.41. The van der Waals surface area contributed by atoms with Crippen molar-refractivity contribution in [2.45, 2.75) is 6.18 Å². The maximum absolute atomic E-state index is 12.2. The van der Waals surface area contributed by atoms with Crippen LogP contribution in [0.3, 0.4) is 0 Å². The van der Waals surface area contributed by atoms with E-state index < -0.39 is 31.1 Å². The smallest absolute Gasteiger partial charge is 0.406 e. The van der Waals surface area contributed by atoms with Crippen molar-refractivity contribution in [2.24, 2.45) is 0 Å². The molecule has 0 fully saturated rings. The summed E-state index contributed by atoms with van der Waals surface area (Å²) in [7, 11) is 0. The van der Waals surface area contributed by atoms with Gasteiger partial charge in [0.2, 0.25) is 5.91 Å². The second-order valence-corrected chi connectivity index (χ2v) is 3.55. The number of halogens is 3. The van der Waals surface area contributed by atoms with Crippen molar-refractivity contribution < 1.29 is 32.3 Å². The number of aliphatic carboxylic acids is 1. The van der Waals surface area contributed by atoms with E-state index in [0.717, 1.165) is 12.2 Å². The van der Waals surface area contributed by atoms with E-state index in [0.29, 0.717) is 0 Å². The monoisotopic (exact) mass is 277 g/mol. The Morgan fingerprint density at radius 2 is 2.11 bits per heavy atom. The van der Waals surface area contributed by atoms with Crippen LogP contribution in [0.25, 0.3) is 6.08 Å². The van der Waals surface area contributed by atoms with Crippen LogP contribution < -0.4 is 0 Å². The molecule has 1 heterocycles. The van der Waals surface area contributed by atoms with E-state index in [4.69, 9.17) is 9.52 Å². The highest BCUT2D eigenvalue weighted by Crippen LogP contribution is 2.16. The summed E-state index contributed by atoms with van der Waals surface area (Å²) in [5, 5.41) is 8.48. The molecule has 0 bridgehead atoms. The van der Waals surface area contributed by atoms with Crippen LogP contribution in [0.5, 0.6) is 0 Å². The lowest BCUT2D eigenvalue weighted by atomic mass is 10.3. The minimum Gasteiger partial charge on any atom is -0.480 e. The van der Waals surface area contributed by atoms with Crippen LogP contribution in [0.2, 0.25) is 0 Å². The van der Waals surface area contributed by atoms with Crippen molar-refractivity contribution in [1.82, 2.24) is 4.90 Å². The van der Waals surface area contributed by atoms with Crippen LogP contribution in [0.4, 0.5) is 13.2 Å². The largest absolute Gasteiger partial charge is 0.480 e. The topological polar surface area (TPSA) is 70.8 Å². The Morgan fingerprint density at radius 1 is 1.42 bits per heavy atom. The first-order valence-corrected chi connectivity index (χ1v) is 5.07. The predicted octanol–water partition coefficient (Wildman–Crippen LogP) is 1.77. The molecule has 0 radical (unpaired) electrons. The summed E-state index contributed by atoms with van der Waals surface area (Å²) in [6.45, 7) is -2.65. The van der Waals surface area contributed by atoms with Gasteiger partial charge in [-0.2, -0.15) is 13.2 Å². The van der Waals surface area contributed by atoms with E-state index in [2.05, 4.69) is 0 Å². The number of carbonyl (C=O) groups is 2. The molecule has 5 nitrogen and oxygen atoms in total. The average molecular weight is 277 g/mol. The predicted molar refractivity (Wildman–Crippen MR) is 58.0 cm³/mol. The Hall–Kier alpha value is -2.25. The number of amides is 1. The quantitative estimate of drug-likeness (QED) is 0.833. The number of furan rings is 1. The molecule has 1 aromatic rings. The van der Waals surface area contributed by atoms with Gasteiger partial charge < -0.3 is 14.4 Å². The summed E-state index contributed by atoms with van der Waals surface area (Å²) < 4.78 is 41.5. The standard InChI is InChI=1S/C11H10F3NO4/c12-11(13,14)7-15(6-10(17)18)9(16)4-3-8-2-1-5-19-8/h1-5H,6-7H2,(H,17,18). The second kappa shape index (κ2) is 6.07. The molecule has 0 aromatic carbocycles. The summed E-state index contributed by atoms with van der Waals surface area (Å²) in [5.74, 6) is -2.31. The van der Waals surface area contributed by atoms with Crippen molar-refractivity contribution >= 4 is 18.0 Å². The van der Waals surface area contributed by atoms with E-state index >= 15 is 0 Å². The molecule has 0 aliphatic heterocycles. The van der Waals surface area contributed by atoms with Crippen LogP contribution in [0.15, 0.2) is 28.9 Å². The van der Waals surface area contributed by atoms with E-state index in [1.54, 1.807) is 0 Å². The summed E-state index contributed by atoms with van der Waals surface area (Å²) in [6, 6.07) is 3.03. The van der Waals surface area contributed by atoms with E-state index in [1.165, 1.54) is 18.4 Å². The number of nitrogens with zero attached hydrogens (tertiary/aromatic N) is 1. The van der Waals surface area contributed by atoms with Crippen LogP contribution in [0.1, 0.15) is 5.76 Å². The maximum atomic E-state index is 12.2. The Kier molecular flexibility index (Phi) is 4.74. The number of alkyl halides is 3. The molecule has 0 aliphatic rings. The van der Waals surface area contributed by atoms with E-state index in [-0.39, 0.29) is 10.7 Å². The molecule has 1 aromatic heterocycles. The lowest BCUT2D eigenvalue weighted by molar-refractivity contribution is -0.163. The normalized spacial score (nSPS) is 11.7. The number of carbonyl (C=O) groups excluding carboxylic acids is 1. The number of rotatable bonds is 5. The van der Waals surface area contributed by atoms with E-state index in [1.807, 2.05) is 0 Å². The molecule has 1 N–H and O–H groups in total. The molecule has 104 valence electrons. The molecule has 0 unspecified atom stereocenters. The molecule has 0 aliphatic carbocycles. The zero-order chi connectivity index (χ0) is 14.5. The first-order chi connectivity index (χ1) is 8.78. The van der Waals surface area contributed by atoms with Gasteiger partial charge in [0.1, 0.15) is 18.8 Å². The van der Waals surface area contributed by atoms with Gasteiger partial charge in [0, 0.05) is 6.08 Å². The van der Waals surface area contributed by atoms with Crippen LogP contribution in [0, 0.1) is 0 Å². The Labute approximate surface area is 105 Å². The first kappa shape index (κ1) is 14.8. The molecule has 0 saturated carbocycles. The Balaban J connectivity index is 2.73. The third-order valence-corrected chi connectivity index (χ3v) is 1.94. The molecule has 1 amide bonds. The molecule has 0 saturated heterocycles. The number of hydrogen-bond donors (Lipinski definition) is 1. The van der Waals surface area contributed by atoms with Crippen LogP contribution in [-0.2, 0) is 9.59 Å². The zero-order valence-corrected chi connectivity index (χ0v) is 9.55. The molecule has 0 atom stereocenters. The average Bonchev–Trinajstić information content (AvgIpc) is 2.75. The maximum Gasteiger partial charge on any atom is 0.406 e. The van der Waals surface area contributed by atoms with Crippen molar-refractivity contribution in [3.63, 3.8) is 0 Å². The fourth-order valence-corrected chi connectivity index (χ4v) is 1.24. The molecular weight excluding hydrogens is 267 g/mol. The number of hydrogen-bond acceptors (Lipinski definition) is 3.